The lowest BCUT2D eigenvalue weighted by molar-refractivity contribution is 0.223. The van der Waals surface area contributed by atoms with E-state index in [0.29, 0.717) is 6.04 Å². The first kappa shape index (κ1) is 15.1. The Morgan fingerprint density at radius 2 is 2.29 bits per heavy atom. The molecule has 3 rings (SSSR count). The molecule has 2 heterocycles. The Morgan fingerprint density at radius 3 is 3.05 bits per heavy atom. The number of ether oxygens (including phenoxy) is 1. The average Bonchev–Trinajstić information content (AvgIpc) is 2.96. The van der Waals surface area contributed by atoms with E-state index in [1.165, 1.54) is 30.4 Å². The van der Waals surface area contributed by atoms with Crippen molar-refractivity contribution in [3.63, 3.8) is 0 Å². The van der Waals surface area contributed by atoms with Gasteiger partial charge in [-0.2, -0.15) is 0 Å². The Bertz CT molecular complexity index is 486. The van der Waals surface area contributed by atoms with Crippen LogP contribution < -0.4 is 10.1 Å². The monoisotopic (exact) mass is 308 g/mol. The van der Waals surface area contributed by atoms with Gasteiger partial charge in [-0.3, -0.25) is 4.90 Å². The van der Waals surface area contributed by atoms with Gasteiger partial charge in [-0.25, -0.2) is 0 Å². The van der Waals surface area contributed by atoms with Gasteiger partial charge in [0.2, 0.25) is 0 Å². The molecule has 2 aliphatic heterocycles. The number of hydrogen-bond acceptors (Lipinski definition) is 3. The first-order valence-corrected chi connectivity index (χ1v) is 8.54. The van der Waals surface area contributed by atoms with Crippen molar-refractivity contribution in [2.24, 2.45) is 0 Å². The van der Waals surface area contributed by atoms with Crippen molar-refractivity contribution in [1.82, 2.24) is 10.2 Å². The molecule has 1 N–H and O–H groups in total. The van der Waals surface area contributed by atoms with Crippen LogP contribution in [-0.2, 0) is 13.0 Å². The molecule has 3 nitrogen and oxygen atoms in total. The highest BCUT2D eigenvalue weighted by Gasteiger charge is 2.21. The molecule has 1 aromatic carbocycles. The van der Waals surface area contributed by atoms with Gasteiger partial charge < -0.3 is 10.1 Å². The van der Waals surface area contributed by atoms with Crippen LogP contribution in [0.1, 0.15) is 37.3 Å². The molecule has 1 unspecified atom stereocenters. The summed E-state index contributed by atoms with van der Waals surface area (Å²) in [5, 5.41) is 4.47. The normalized spacial score (nSPS) is 21.4. The maximum Gasteiger partial charge on any atom is 0.127 e. The zero-order chi connectivity index (χ0) is 14.7. The molecule has 21 heavy (non-hydrogen) atoms. The number of nitrogens with one attached hydrogen (secondary N) is 1. The van der Waals surface area contributed by atoms with Crippen LogP contribution in [0.3, 0.4) is 0 Å². The van der Waals surface area contributed by atoms with Crippen LogP contribution in [0, 0.1) is 0 Å². The zero-order valence-electron chi connectivity index (χ0n) is 12.8. The minimum Gasteiger partial charge on any atom is -0.493 e. The second kappa shape index (κ2) is 6.99. The molecule has 116 valence electrons. The third kappa shape index (κ3) is 3.71. The quantitative estimate of drug-likeness (QED) is 0.904. The minimum atomic E-state index is 0.631. The van der Waals surface area contributed by atoms with Crippen molar-refractivity contribution < 1.29 is 4.74 Å². The average molecular weight is 309 g/mol. The molecule has 0 amide bonds. The van der Waals surface area contributed by atoms with Crippen LogP contribution >= 0.6 is 11.6 Å². The van der Waals surface area contributed by atoms with E-state index in [-0.39, 0.29) is 0 Å². The van der Waals surface area contributed by atoms with Crippen LogP contribution in [-0.4, -0.2) is 37.2 Å². The van der Waals surface area contributed by atoms with Crippen LogP contribution in [0.4, 0.5) is 0 Å². The first-order valence-electron chi connectivity index (χ1n) is 8.16. The summed E-state index contributed by atoms with van der Waals surface area (Å²) < 4.78 is 5.82. The lowest BCUT2D eigenvalue weighted by Gasteiger charge is -2.30. The van der Waals surface area contributed by atoms with Crippen LogP contribution in [0.15, 0.2) is 12.1 Å². The maximum atomic E-state index is 6.26. The van der Waals surface area contributed by atoms with Gasteiger partial charge in [0.15, 0.2) is 0 Å². The van der Waals surface area contributed by atoms with E-state index in [9.17, 15) is 0 Å². The lowest BCUT2D eigenvalue weighted by Crippen LogP contribution is -2.43. The van der Waals surface area contributed by atoms with Crippen molar-refractivity contribution in [2.75, 3.05) is 26.2 Å². The van der Waals surface area contributed by atoms with Gasteiger partial charge in [0.25, 0.3) is 0 Å². The van der Waals surface area contributed by atoms with E-state index in [2.05, 4.69) is 23.2 Å². The molecular weight excluding hydrogens is 284 g/mol. The standard InChI is InChI=1S/C17H25ClN2O/c1-2-20(12-16-5-3-4-7-19-16)11-14-10-15(18)9-13-6-8-21-17(13)14/h9-10,16,19H,2-8,11-12H2,1H3. The van der Waals surface area contributed by atoms with E-state index in [0.717, 1.165) is 50.0 Å². The Kier molecular flexibility index (Phi) is 5.04. The van der Waals surface area contributed by atoms with Gasteiger partial charge in [0.05, 0.1) is 6.61 Å². The Labute approximate surface area is 132 Å². The fraction of sp³-hybridized carbons (Fsp3) is 0.647. The largest absolute Gasteiger partial charge is 0.493 e. The molecule has 2 aliphatic rings. The summed E-state index contributed by atoms with van der Waals surface area (Å²) in [5.74, 6) is 1.08. The first-order chi connectivity index (χ1) is 10.3. The maximum absolute atomic E-state index is 6.26. The summed E-state index contributed by atoms with van der Waals surface area (Å²) in [6.07, 6.45) is 4.95. The van der Waals surface area contributed by atoms with Crippen molar-refractivity contribution in [1.29, 1.82) is 0 Å². The van der Waals surface area contributed by atoms with Crippen molar-refractivity contribution in [3.8, 4) is 5.75 Å². The highest BCUT2D eigenvalue weighted by atomic mass is 35.5. The summed E-state index contributed by atoms with van der Waals surface area (Å²) in [4.78, 5) is 2.50. The van der Waals surface area contributed by atoms with Crippen molar-refractivity contribution in [2.45, 2.75) is 45.2 Å². The second-order valence-electron chi connectivity index (χ2n) is 6.13. The molecule has 0 aliphatic carbocycles. The third-order valence-corrected chi connectivity index (χ3v) is 4.78. The number of piperidine rings is 1. The highest BCUT2D eigenvalue weighted by molar-refractivity contribution is 6.30. The molecule has 1 saturated heterocycles. The van der Waals surface area contributed by atoms with Crippen molar-refractivity contribution in [3.05, 3.63) is 28.3 Å². The number of nitrogens with zero attached hydrogens (tertiary/aromatic N) is 1. The number of halogens is 1. The van der Waals surface area contributed by atoms with Crippen molar-refractivity contribution >= 4 is 11.6 Å². The number of hydrogen-bond donors (Lipinski definition) is 1. The predicted molar refractivity (Wildman–Crippen MR) is 87.2 cm³/mol. The minimum absolute atomic E-state index is 0.631. The van der Waals surface area contributed by atoms with Crippen LogP contribution in [0.5, 0.6) is 5.75 Å². The summed E-state index contributed by atoms with van der Waals surface area (Å²) >= 11 is 6.26. The van der Waals surface area contributed by atoms with E-state index < -0.39 is 0 Å². The topological polar surface area (TPSA) is 24.5 Å². The molecule has 1 atom stereocenters. The van der Waals surface area contributed by atoms with Gasteiger partial charge in [-0.1, -0.05) is 24.9 Å². The fourth-order valence-corrected chi connectivity index (χ4v) is 3.66. The molecular formula is C17H25ClN2O. The third-order valence-electron chi connectivity index (χ3n) is 4.56. The number of fused-ring (bicyclic) bond motifs is 1. The highest BCUT2D eigenvalue weighted by Crippen LogP contribution is 2.33. The smallest absolute Gasteiger partial charge is 0.127 e. The number of likely N-dealkylation sites (N-methyl/N-ethyl adjacent to an activating group) is 1. The molecule has 0 bridgehead atoms. The van der Waals surface area contributed by atoms with Crippen LogP contribution in [0.25, 0.3) is 0 Å². The Hall–Kier alpha value is -0.770. The molecule has 0 spiro atoms. The number of benzene rings is 1. The SMILES string of the molecule is CCN(Cc1cc(Cl)cc2c1OCC2)CC1CCCCN1. The molecule has 4 heteroatoms. The van der Waals surface area contributed by atoms with Gasteiger partial charge in [-0.15, -0.1) is 0 Å². The molecule has 0 saturated carbocycles. The van der Waals surface area contributed by atoms with Gasteiger partial charge in [0.1, 0.15) is 5.75 Å². The number of rotatable bonds is 5. The summed E-state index contributed by atoms with van der Waals surface area (Å²) in [5.41, 5.74) is 2.51. The Morgan fingerprint density at radius 1 is 1.38 bits per heavy atom. The second-order valence-corrected chi connectivity index (χ2v) is 6.56. The summed E-state index contributed by atoms with van der Waals surface area (Å²) in [7, 11) is 0. The van der Waals surface area contributed by atoms with Crippen LogP contribution in [0.2, 0.25) is 5.02 Å². The van der Waals surface area contributed by atoms with E-state index >= 15 is 0 Å². The fourth-order valence-electron chi connectivity index (χ4n) is 3.40. The lowest BCUT2D eigenvalue weighted by atomic mass is 10.0. The molecule has 1 aromatic rings. The van der Waals surface area contributed by atoms with Gasteiger partial charge >= 0.3 is 0 Å². The summed E-state index contributed by atoms with van der Waals surface area (Å²) in [6, 6.07) is 4.75. The van der Waals surface area contributed by atoms with E-state index in [1.54, 1.807) is 0 Å². The van der Waals surface area contributed by atoms with E-state index in [4.69, 9.17) is 16.3 Å². The molecule has 0 aromatic heterocycles. The van der Waals surface area contributed by atoms with E-state index in [1.807, 2.05) is 6.07 Å². The predicted octanol–water partition coefficient (Wildman–Crippen LogP) is 3.24. The molecule has 0 radical (unpaired) electrons. The Balaban J connectivity index is 1.69. The summed E-state index contributed by atoms with van der Waals surface area (Å²) in [6.45, 7) is 7.28. The van der Waals surface area contributed by atoms with Gasteiger partial charge in [0, 0.05) is 36.1 Å². The van der Waals surface area contributed by atoms with Gasteiger partial charge in [-0.05, 0) is 43.6 Å². The zero-order valence-corrected chi connectivity index (χ0v) is 13.6. The molecule has 1 fully saturated rings.